The molecule has 0 bridgehead atoms. The van der Waals surface area contributed by atoms with E-state index >= 15 is 0 Å². The molecule has 110 valence electrons. The number of carboxylic acid groups (broad SMARTS) is 1. The summed E-state index contributed by atoms with van der Waals surface area (Å²) in [6.07, 6.45) is 6.19. The van der Waals surface area contributed by atoms with Crippen molar-refractivity contribution in [2.24, 2.45) is 0 Å². The lowest BCUT2D eigenvalue weighted by molar-refractivity contribution is -0.146. The van der Waals surface area contributed by atoms with Crippen molar-refractivity contribution in [2.45, 2.75) is 44.2 Å². The molecular weight excluding hydrogens is 244 g/mol. The van der Waals surface area contributed by atoms with Gasteiger partial charge in [-0.15, -0.1) is 0 Å². The molecule has 1 unspecified atom stereocenters. The highest BCUT2D eigenvalue weighted by Crippen LogP contribution is 2.22. The zero-order valence-corrected chi connectivity index (χ0v) is 11.9. The lowest BCUT2D eigenvalue weighted by Crippen LogP contribution is -2.52. The smallest absolute Gasteiger partial charge is 0.323 e. The minimum absolute atomic E-state index is 0.281. The third-order valence-electron chi connectivity index (χ3n) is 4.46. The van der Waals surface area contributed by atoms with Gasteiger partial charge in [0.15, 0.2) is 0 Å². The maximum absolute atomic E-state index is 11.2. The standard InChI is InChI=1S/C14H26N2O3/c1-19-11-13(14(17)18)16-9-5-12(6-10-16)15-7-3-2-4-8-15/h12-13H,2-11H2,1H3,(H,17,18). The first-order chi connectivity index (χ1) is 9.22. The number of carbonyl (C=O) groups is 1. The molecule has 2 saturated heterocycles. The number of methoxy groups -OCH3 is 1. The van der Waals surface area contributed by atoms with Gasteiger partial charge in [-0.1, -0.05) is 6.42 Å². The van der Waals surface area contributed by atoms with E-state index in [4.69, 9.17) is 4.74 Å². The van der Waals surface area contributed by atoms with Crippen molar-refractivity contribution in [3.63, 3.8) is 0 Å². The fourth-order valence-electron chi connectivity index (χ4n) is 3.34. The van der Waals surface area contributed by atoms with Gasteiger partial charge in [-0.25, -0.2) is 0 Å². The van der Waals surface area contributed by atoms with Gasteiger partial charge in [0.05, 0.1) is 6.61 Å². The summed E-state index contributed by atoms with van der Waals surface area (Å²) in [5.41, 5.74) is 0. The van der Waals surface area contributed by atoms with Crippen molar-refractivity contribution in [1.29, 1.82) is 0 Å². The van der Waals surface area contributed by atoms with Crippen molar-refractivity contribution >= 4 is 5.97 Å². The van der Waals surface area contributed by atoms with Crippen LogP contribution in [-0.4, -0.2) is 72.9 Å². The molecule has 0 amide bonds. The van der Waals surface area contributed by atoms with Gasteiger partial charge in [0.25, 0.3) is 0 Å². The average molecular weight is 270 g/mol. The minimum Gasteiger partial charge on any atom is -0.480 e. The number of likely N-dealkylation sites (tertiary alicyclic amines) is 2. The number of ether oxygens (including phenoxy) is 1. The number of hydrogen-bond acceptors (Lipinski definition) is 4. The Morgan fingerprint density at radius 1 is 1.21 bits per heavy atom. The van der Waals surface area contributed by atoms with Gasteiger partial charge < -0.3 is 14.7 Å². The van der Waals surface area contributed by atoms with E-state index in [0.717, 1.165) is 25.9 Å². The average Bonchev–Trinajstić information content (AvgIpc) is 2.46. The van der Waals surface area contributed by atoms with Crippen LogP contribution in [0, 0.1) is 0 Å². The first kappa shape index (κ1) is 14.8. The molecule has 0 aliphatic carbocycles. The summed E-state index contributed by atoms with van der Waals surface area (Å²) in [5, 5.41) is 9.24. The summed E-state index contributed by atoms with van der Waals surface area (Å²) in [6.45, 7) is 4.49. The van der Waals surface area contributed by atoms with E-state index in [1.807, 2.05) is 0 Å². The lowest BCUT2D eigenvalue weighted by atomic mass is 9.99. The van der Waals surface area contributed by atoms with E-state index in [1.54, 1.807) is 7.11 Å². The van der Waals surface area contributed by atoms with Gasteiger partial charge in [-0.2, -0.15) is 0 Å². The SMILES string of the molecule is COCC(C(=O)O)N1CCC(N2CCCCC2)CC1. The van der Waals surface area contributed by atoms with Crippen LogP contribution in [0.25, 0.3) is 0 Å². The lowest BCUT2D eigenvalue weighted by Gasteiger charge is -2.41. The molecule has 2 rings (SSSR count). The molecule has 0 saturated carbocycles. The number of carboxylic acids is 1. The Labute approximate surface area is 115 Å². The minimum atomic E-state index is -0.765. The van der Waals surface area contributed by atoms with Gasteiger partial charge in [0.2, 0.25) is 0 Å². The van der Waals surface area contributed by atoms with E-state index in [1.165, 1.54) is 32.4 Å². The van der Waals surface area contributed by atoms with Crippen LogP contribution in [0.4, 0.5) is 0 Å². The predicted molar refractivity (Wildman–Crippen MR) is 73.3 cm³/mol. The zero-order valence-electron chi connectivity index (χ0n) is 11.9. The van der Waals surface area contributed by atoms with Crippen molar-refractivity contribution < 1.29 is 14.6 Å². The summed E-state index contributed by atoms with van der Waals surface area (Å²) in [7, 11) is 1.57. The number of nitrogens with zero attached hydrogens (tertiary/aromatic N) is 2. The summed E-state index contributed by atoms with van der Waals surface area (Å²) < 4.78 is 5.03. The third-order valence-corrected chi connectivity index (χ3v) is 4.46. The summed E-state index contributed by atoms with van der Waals surface area (Å²) in [5.74, 6) is -0.765. The first-order valence-corrected chi connectivity index (χ1v) is 7.42. The molecule has 1 N–H and O–H groups in total. The molecule has 0 radical (unpaired) electrons. The first-order valence-electron chi connectivity index (χ1n) is 7.42. The molecule has 2 fully saturated rings. The highest BCUT2D eigenvalue weighted by molar-refractivity contribution is 5.73. The summed E-state index contributed by atoms with van der Waals surface area (Å²) >= 11 is 0. The van der Waals surface area contributed by atoms with Crippen LogP contribution in [0.2, 0.25) is 0 Å². The normalized spacial score (nSPS) is 25.3. The van der Waals surface area contributed by atoms with Crippen LogP contribution in [-0.2, 0) is 9.53 Å². The molecule has 2 aliphatic rings. The Morgan fingerprint density at radius 3 is 2.37 bits per heavy atom. The third kappa shape index (κ3) is 3.91. The van der Waals surface area contributed by atoms with Crippen LogP contribution in [0.1, 0.15) is 32.1 Å². The molecule has 5 nitrogen and oxygen atoms in total. The molecule has 5 heteroatoms. The molecule has 19 heavy (non-hydrogen) atoms. The van der Waals surface area contributed by atoms with Crippen LogP contribution < -0.4 is 0 Å². The quantitative estimate of drug-likeness (QED) is 0.809. The second-order valence-electron chi connectivity index (χ2n) is 5.67. The Morgan fingerprint density at radius 2 is 1.84 bits per heavy atom. The molecule has 0 aromatic heterocycles. The van der Waals surface area contributed by atoms with Crippen LogP contribution in [0.5, 0.6) is 0 Å². The van der Waals surface area contributed by atoms with E-state index in [9.17, 15) is 9.90 Å². The Kier molecular flexibility index (Phi) is 5.60. The van der Waals surface area contributed by atoms with Crippen molar-refractivity contribution in [2.75, 3.05) is 39.9 Å². The fourth-order valence-corrected chi connectivity index (χ4v) is 3.34. The highest BCUT2D eigenvalue weighted by Gasteiger charge is 2.31. The van der Waals surface area contributed by atoms with Crippen LogP contribution in [0.3, 0.4) is 0 Å². The van der Waals surface area contributed by atoms with E-state index < -0.39 is 12.0 Å². The number of hydrogen-bond donors (Lipinski definition) is 1. The van der Waals surface area contributed by atoms with Crippen molar-refractivity contribution in [1.82, 2.24) is 9.80 Å². The predicted octanol–water partition coefficient (Wildman–Crippen LogP) is 1.04. The molecular formula is C14H26N2O3. The molecule has 0 aromatic rings. The number of aliphatic carboxylic acids is 1. The Bertz CT molecular complexity index is 284. The molecule has 2 aliphatic heterocycles. The van der Waals surface area contributed by atoms with Crippen LogP contribution in [0.15, 0.2) is 0 Å². The zero-order chi connectivity index (χ0) is 13.7. The number of piperidine rings is 2. The van der Waals surface area contributed by atoms with E-state index in [-0.39, 0.29) is 6.61 Å². The summed E-state index contributed by atoms with van der Waals surface area (Å²) in [6, 6.07) is 0.181. The molecule has 0 spiro atoms. The molecule has 0 aromatic carbocycles. The van der Waals surface area contributed by atoms with Gasteiger partial charge in [-0.3, -0.25) is 9.69 Å². The summed E-state index contributed by atoms with van der Waals surface area (Å²) in [4.78, 5) is 15.9. The second kappa shape index (κ2) is 7.22. The van der Waals surface area contributed by atoms with Gasteiger partial charge in [0.1, 0.15) is 6.04 Å². The van der Waals surface area contributed by atoms with Crippen molar-refractivity contribution in [3.8, 4) is 0 Å². The van der Waals surface area contributed by atoms with E-state index in [2.05, 4.69) is 9.80 Å². The van der Waals surface area contributed by atoms with Crippen LogP contribution >= 0.6 is 0 Å². The molecule has 2 heterocycles. The van der Waals surface area contributed by atoms with Gasteiger partial charge >= 0.3 is 5.97 Å². The molecule has 1 atom stereocenters. The Hall–Kier alpha value is -0.650. The van der Waals surface area contributed by atoms with E-state index in [0.29, 0.717) is 6.04 Å². The van der Waals surface area contributed by atoms with Gasteiger partial charge in [0, 0.05) is 26.2 Å². The second-order valence-corrected chi connectivity index (χ2v) is 5.67. The Balaban J connectivity index is 1.82. The fraction of sp³-hybridized carbons (Fsp3) is 0.929. The number of rotatable bonds is 5. The maximum atomic E-state index is 11.2. The monoisotopic (exact) mass is 270 g/mol. The van der Waals surface area contributed by atoms with Gasteiger partial charge in [-0.05, 0) is 38.8 Å². The van der Waals surface area contributed by atoms with Crippen molar-refractivity contribution in [3.05, 3.63) is 0 Å². The largest absolute Gasteiger partial charge is 0.480 e. The highest BCUT2D eigenvalue weighted by atomic mass is 16.5. The topological polar surface area (TPSA) is 53.0 Å². The maximum Gasteiger partial charge on any atom is 0.323 e.